The summed E-state index contributed by atoms with van der Waals surface area (Å²) in [6.07, 6.45) is 4.10. The average molecular weight is 296 g/mol. The van der Waals surface area contributed by atoms with Gasteiger partial charge in [0.2, 0.25) is 0 Å². The Bertz CT molecular complexity index is 179. The third-order valence-corrected chi connectivity index (χ3v) is 4.67. The van der Waals surface area contributed by atoms with E-state index < -0.39 is 0 Å². The molecule has 2 heterocycles. The van der Waals surface area contributed by atoms with Crippen molar-refractivity contribution in [1.29, 1.82) is 0 Å². The van der Waals surface area contributed by atoms with E-state index in [4.69, 9.17) is 4.74 Å². The minimum atomic E-state index is 0.714. The minimum Gasteiger partial charge on any atom is -0.383 e. The van der Waals surface area contributed by atoms with E-state index in [1.807, 2.05) is 0 Å². The predicted octanol–water partition coefficient (Wildman–Crippen LogP) is 1.18. The van der Waals surface area contributed by atoms with Crippen LogP contribution in [0.1, 0.15) is 19.3 Å². The molecule has 3 atom stereocenters. The van der Waals surface area contributed by atoms with Gasteiger partial charge >= 0.3 is 0 Å². The van der Waals surface area contributed by atoms with E-state index in [1.165, 1.54) is 19.3 Å². The molecule has 4 heteroatoms. The first-order valence-corrected chi connectivity index (χ1v) is 5.96. The molecule has 0 aromatic carbocycles. The second-order valence-electron chi connectivity index (χ2n) is 3.93. The Hall–Kier alpha value is 0.610. The highest BCUT2D eigenvalue weighted by Crippen LogP contribution is 2.40. The van der Waals surface area contributed by atoms with Crippen LogP contribution in [0.2, 0.25) is 0 Å². The smallest absolute Gasteiger partial charge is 0.0587 e. The topological polar surface area (TPSA) is 24.5 Å². The van der Waals surface area contributed by atoms with Gasteiger partial charge in [0, 0.05) is 54.6 Å². The van der Waals surface area contributed by atoms with Crippen molar-refractivity contribution >= 4 is 22.9 Å². The molecule has 0 radical (unpaired) electrons. The van der Waals surface area contributed by atoms with Crippen molar-refractivity contribution in [1.82, 2.24) is 8.43 Å². The molecule has 1 N–H and O–H groups in total. The van der Waals surface area contributed by atoms with Gasteiger partial charge in [0.25, 0.3) is 0 Å². The molecular formula is C9H17IN2O. The molecule has 0 aromatic rings. The summed E-state index contributed by atoms with van der Waals surface area (Å²) in [4.78, 5) is 0. The van der Waals surface area contributed by atoms with E-state index >= 15 is 0 Å². The molecule has 2 saturated heterocycles. The molecule has 2 fully saturated rings. The molecule has 3 nitrogen and oxygen atoms in total. The van der Waals surface area contributed by atoms with E-state index in [0.717, 1.165) is 25.2 Å². The van der Waals surface area contributed by atoms with Crippen molar-refractivity contribution in [3.63, 3.8) is 0 Å². The highest BCUT2D eigenvalue weighted by molar-refractivity contribution is 14.1. The summed E-state index contributed by atoms with van der Waals surface area (Å²) < 4.78 is 7.55. The molecule has 76 valence electrons. The minimum absolute atomic E-state index is 0.714. The van der Waals surface area contributed by atoms with Crippen LogP contribution in [0.15, 0.2) is 0 Å². The number of nitrogens with zero attached hydrogens (tertiary/aromatic N) is 1. The molecule has 0 saturated carbocycles. The van der Waals surface area contributed by atoms with E-state index in [-0.39, 0.29) is 0 Å². The van der Waals surface area contributed by atoms with Crippen molar-refractivity contribution in [3.8, 4) is 0 Å². The van der Waals surface area contributed by atoms with Crippen LogP contribution in [0.3, 0.4) is 0 Å². The highest BCUT2D eigenvalue weighted by atomic mass is 127. The van der Waals surface area contributed by atoms with Crippen LogP contribution in [0.25, 0.3) is 0 Å². The van der Waals surface area contributed by atoms with Gasteiger partial charge in [0.15, 0.2) is 0 Å². The Balaban J connectivity index is 1.77. The summed E-state index contributed by atoms with van der Waals surface area (Å²) >= 11 is 2.48. The first-order chi connectivity index (χ1) is 6.33. The SMILES string of the molecule is COCCNC1C[C@H]2CC[C@@H]1N2I. The molecule has 2 rings (SSSR count). The van der Waals surface area contributed by atoms with Crippen LogP contribution in [0.5, 0.6) is 0 Å². The lowest BCUT2D eigenvalue weighted by atomic mass is 9.95. The first-order valence-electron chi connectivity index (χ1n) is 4.99. The normalized spacial score (nSPS) is 38.8. The zero-order valence-electron chi connectivity index (χ0n) is 8.00. The van der Waals surface area contributed by atoms with Gasteiger partial charge in [-0.1, -0.05) is 0 Å². The van der Waals surface area contributed by atoms with Gasteiger partial charge in [-0.05, 0) is 19.3 Å². The Labute approximate surface area is 93.7 Å². The molecule has 13 heavy (non-hydrogen) atoms. The Morgan fingerprint density at radius 2 is 2.38 bits per heavy atom. The number of methoxy groups -OCH3 is 1. The van der Waals surface area contributed by atoms with Crippen molar-refractivity contribution < 1.29 is 4.74 Å². The average Bonchev–Trinajstić information content (AvgIpc) is 2.62. The molecular weight excluding hydrogens is 279 g/mol. The summed E-state index contributed by atoms with van der Waals surface area (Å²) in [5.74, 6) is 0. The van der Waals surface area contributed by atoms with Gasteiger partial charge in [0.1, 0.15) is 0 Å². The molecule has 0 aliphatic carbocycles. The molecule has 0 aromatic heterocycles. The fourth-order valence-corrected chi connectivity index (χ4v) is 3.66. The molecule has 1 unspecified atom stereocenters. The number of rotatable bonds is 4. The maximum absolute atomic E-state index is 5.03. The standard InChI is InChI=1S/C9H17IN2O/c1-13-5-4-11-8-6-7-2-3-9(8)12(7)10/h7-9,11H,2-6H2,1H3/t7-,8?,9+/m1/s1. The van der Waals surface area contributed by atoms with Crippen molar-refractivity contribution in [2.24, 2.45) is 0 Å². The second kappa shape index (κ2) is 4.42. The van der Waals surface area contributed by atoms with Gasteiger partial charge < -0.3 is 10.1 Å². The van der Waals surface area contributed by atoms with E-state index in [0.29, 0.717) is 6.04 Å². The number of ether oxygens (including phenoxy) is 1. The summed E-state index contributed by atoms with van der Waals surface area (Å²) in [7, 11) is 1.76. The van der Waals surface area contributed by atoms with Crippen molar-refractivity contribution in [2.75, 3.05) is 20.3 Å². The van der Waals surface area contributed by atoms with Gasteiger partial charge in [-0.2, -0.15) is 0 Å². The monoisotopic (exact) mass is 296 g/mol. The van der Waals surface area contributed by atoms with E-state index in [9.17, 15) is 0 Å². The van der Waals surface area contributed by atoms with E-state index in [1.54, 1.807) is 7.11 Å². The van der Waals surface area contributed by atoms with Crippen LogP contribution in [-0.4, -0.2) is 41.5 Å². The molecule has 0 amide bonds. The second-order valence-corrected chi connectivity index (χ2v) is 5.05. The largest absolute Gasteiger partial charge is 0.383 e. The van der Waals surface area contributed by atoms with Crippen LogP contribution in [0.4, 0.5) is 0 Å². The summed E-state index contributed by atoms with van der Waals surface area (Å²) in [6, 6.07) is 2.33. The zero-order chi connectivity index (χ0) is 9.26. The molecule has 2 bridgehead atoms. The third kappa shape index (κ3) is 2.00. The molecule has 2 aliphatic heterocycles. The lowest BCUT2D eigenvalue weighted by Gasteiger charge is -2.21. The molecule has 2 aliphatic rings. The summed E-state index contributed by atoms with van der Waals surface area (Å²) in [5.41, 5.74) is 0. The quantitative estimate of drug-likeness (QED) is 0.479. The Morgan fingerprint density at radius 3 is 2.92 bits per heavy atom. The highest BCUT2D eigenvalue weighted by Gasteiger charge is 2.44. The maximum atomic E-state index is 5.03. The van der Waals surface area contributed by atoms with Gasteiger partial charge in [-0.25, -0.2) is 3.11 Å². The number of halogens is 1. The number of fused-ring (bicyclic) bond motifs is 2. The number of nitrogens with one attached hydrogen (secondary N) is 1. The van der Waals surface area contributed by atoms with Gasteiger partial charge in [-0.3, -0.25) is 0 Å². The Kier molecular flexibility index (Phi) is 3.45. The summed E-state index contributed by atoms with van der Waals surface area (Å²) in [5, 5.41) is 3.57. The van der Waals surface area contributed by atoms with Crippen LogP contribution in [-0.2, 0) is 4.74 Å². The third-order valence-electron chi connectivity index (χ3n) is 3.16. The fourth-order valence-electron chi connectivity index (χ4n) is 2.49. The number of hydrogen-bond donors (Lipinski definition) is 1. The zero-order valence-corrected chi connectivity index (χ0v) is 10.2. The Morgan fingerprint density at radius 1 is 1.54 bits per heavy atom. The van der Waals surface area contributed by atoms with Crippen molar-refractivity contribution in [2.45, 2.75) is 37.4 Å². The predicted molar refractivity (Wildman–Crippen MR) is 61.0 cm³/mol. The maximum Gasteiger partial charge on any atom is 0.0587 e. The fraction of sp³-hybridized carbons (Fsp3) is 1.00. The van der Waals surface area contributed by atoms with Crippen LogP contribution in [0, 0.1) is 0 Å². The van der Waals surface area contributed by atoms with E-state index in [2.05, 4.69) is 31.3 Å². The first kappa shape index (κ1) is 10.1. The van der Waals surface area contributed by atoms with Gasteiger partial charge in [0.05, 0.1) is 6.61 Å². The summed E-state index contributed by atoms with van der Waals surface area (Å²) in [6.45, 7) is 1.82. The number of hydrogen-bond acceptors (Lipinski definition) is 3. The lowest BCUT2D eigenvalue weighted by molar-refractivity contribution is 0.193. The van der Waals surface area contributed by atoms with Gasteiger partial charge in [-0.15, -0.1) is 0 Å². The van der Waals surface area contributed by atoms with Crippen LogP contribution >= 0.6 is 22.9 Å². The van der Waals surface area contributed by atoms with Crippen LogP contribution < -0.4 is 5.32 Å². The molecule has 0 spiro atoms. The lowest BCUT2D eigenvalue weighted by Crippen LogP contribution is -2.40. The van der Waals surface area contributed by atoms with Crippen molar-refractivity contribution in [3.05, 3.63) is 0 Å².